The van der Waals surface area contributed by atoms with Crippen LogP contribution in [0.3, 0.4) is 0 Å². The molecule has 23 heavy (non-hydrogen) atoms. The van der Waals surface area contributed by atoms with Crippen molar-refractivity contribution in [3.05, 3.63) is 47.0 Å². The van der Waals surface area contributed by atoms with E-state index in [1.54, 1.807) is 0 Å². The van der Waals surface area contributed by atoms with Crippen LogP contribution in [0.25, 0.3) is 0 Å². The first-order valence-electron chi connectivity index (χ1n) is 6.04. The van der Waals surface area contributed by atoms with E-state index in [4.69, 9.17) is 16.2 Å². The van der Waals surface area contributed by atoms with E-state index in [0.717, 1.165) is 18.2 Å². The third kappa shape index (κ3) is 4.21. The van der Waals surface area contributed by atoms with Crippen LogP contribution >= 0.6 is 11.6 Å². The monoisotopic (exact) mass is 362 g/mol. The van der Waals surface area contributed by atoms with Crippen molar-refractivity contribution in [3.63, 3.8) is 0 Å². The minimum Gasteiger partial charge on any atom is -0.291 e. The van der Waals surface area contributed by atoms with Gasteiger partial charge in [-0.1, -0.05) is 11.6 Å². The SMILES string of the molecule is O=C1CC(F)=CC(=NNc2ccc(S(=O)(=O)O)cc2)C(Cl)=C1F. The number of nitrogens with one attached hydrogen (secondary N) is 1. The van der Waals surface area contributed by atoms with Gasteiger partial charge in [-0.2, -0.15) is 13.5 Å². The number of allylic oxidation sites excluding steroid dienone is 4. The summed E-state index contributed by atoms with van der Waals surface area (Å²) in [6.07, 6.45) is 0.0660. The summed E-state index contributed by atoms with van der Waals surface area (Å²) in [7, 11) is -4.33. The predicted octanol–water partition coefficient (Wildman–Crippen LogP) is 2.95. The fourth-order valence-corrected chi connectivity index (χ4v) is 2.32. The summed E-state index contributed by atoms with van der Waals surface area (Å²) >= 11 is 5.64. The van der Waals surface area contributed by atoms with Crippen molar-refractivity contribution in [2.24, 2.45) is 5.10 Å². The number of rotatable bonds is 3. The highest BCUT2D eigenvalue weighted by atomic mass is 35.5. The third-order valence-electron chi connectivity index (χ3n) is 2.74. The van der Waals surface area contributed by atoms with Gasteiger partial charge in [-0.25, -0.2) is 8.78 Å². The Hall–Kier alpha value is -2.10. The number of hydrogen-bond donors (Lipinski definition) is 2. The molecule has 6 nitrogen and oxygen atoms in total. The lowest BCUT2D eigenvalue weighted by molar-refractivity contribution is -0.116. The van der Waals surface area contributed by atoms with E-state index in [1.807, 2.05) is 0 Å². The molecule has 1 aromatic carbocycles. The molecule has 2 rings (SSSR count). The molecule has 0 fully saturated rings. The number of carbonyl (C=O) groups is 1. The van der Waals surface area contributed by atoms with Crippen molar-refractivity contribution in [1.29, 1.82) is 0 Å². The molecule has 0 unspecified atom stereocenters. The van der Waals surface area contributed by atoms with Crippen LogP contribution in [0.15, 0.2) is 57.0 Å². The van der Waals surface area contributed by atoms with Crippen molar-refractivity contribution in [2.45, 2.75) is 11.3 Å². The minimum atomic E-state index is -4.33. The highest BCUT2D eigenvalue weighted by molar-refractivity contribution is 7.85. The molecule has 0 aromatic heterocycles. The average Bonchev–Trinajstić information content (AvgIpc) is 2.57. The Bertz CT molecular complexity index is 845. The predicted molar refractivity (Wildman–Crippen MR) is 80.1 cm³/mol. The van der Waals surface area contributed by atoms with E-state index in [1.165, 1.54) is 12.1 Å². The number of halogens is 3. The first-order valence-corrected chi connectivity index (χ1v) is 7.86. The van der Waals surface area contributed by atoms with Gasteiger partial charge >= 0.3 is 0 Å². The lowest BCUT2D eigenvalue weighted by atomic mass is 10.2. The molecule has 0 spiro atoms. The summed E-state index contributed by atoms with van der Waals surface area (Å²) in [6.45, 7) is 0. The Morgan fingerprint density at radius 2 is 1.83 bits per heavy atom. The zero-order valence-electron chi connectivity index (χ0n) is 11.3. The number of anilines is 1. The van der Waals surface area contributed by atoms with E-state index in [0.29, 0.717) is 0 Å². The standard InChI is InChI=1S/C13H9ClF2N2O4S/c14-12-10(5-7(15)6-11(19)13(12)16)18-17-8-1-3-9(4-2-8)23(20,21)22/h1-5,17H,6H2,(H,20,21,22). The number of benzene rings is 1. The molecule has 0 saturated carbocycles. The Kier molecular flexibility index (Phi) is 4.93. The topological polar surface area (TPSA) is 95.8 Å². The molecule has 0 heterocycles. The Balaban J connectivity index is 2.28. The van der Waals surface area contributed by atoms with Gasteiger partial charge < -0.3 is 0 Å². The molecule has 0 radical (unpaired) electrons. The largest absolute Gasteiger partial charge is 0.294 e. The van der Waals surface area contributed by atoms with Gasteiger partial charge in [-0.15, -0.1) is 0 Å². The van der Waals surface area contributed by atoms with Crippen molar-refractivity contribution in [3.8, 4) is 0 Å². The number of nitrogens with zero attached hydrogens (tertiary/aromatic N) is 1. The molecule has 0 atom stereocenters. The van der Waals surface area contributed by atoms with Crippen molar-refractivity contribution in [2.75, 3.05) is 5.43 Å². The van der Waals surface area contributed by atoms with Crippen LogP contribution in [0.5, 0.6) is 0 Å². The number of hydrazone groups is 1. The Morgan fingerprint density at radius 3 is 2.39 bits per heavy atom. The highest BCUT2D eigenvalue weighted by Gasteiger charge is 2.23. The van der Waals surface area contributed by atoms with E-state index >= 15 is 0 Å². The van der Waals surface area contributed by atoms with Gasteiger partial charge in [0.15, 0.2) is 11.6 Å². The number of Topliss-reactive ketones (excluding diaryl/α,β-unsaturated/α-hetero) is 1. The lowest BCUT2D eigenvalue weighted by Crippen LogP contribution is -2.03. The number of ketones is 1. The quantitative estimate of drug-likeness (QED) is 0.636. The summed E-state index contributed by atoms with van der Waals surface area (Å²) in [5, 5.41) is 3.04. The van der Waals surface area contributed by atoms with Gasteiger partial charge in [-0.3, -0.25) is 14.8 Å². The zero-order chi connectivity index (χ0) is 17.2. The van der Waals surface area contributed by atoms with Crippen LogP contribution in [0.1, 0.15) is 6.42 Å². The smallest absolute Gasteiger partial charge is 0.291 e. The summed E-state index contributed by atoms with van der Waals surface area (Å²) in [6, 6.07) is 4.73. The van der Waals surface area contributed by atoms with Crippen LogP contribution in [0.4, 0.5) is 14.5 Å². The molecular weight excluding hydrogens is 354 g/mol. The molecular formula is C13H9ClF2N2O4S. The Morgan fingerprint density at radius 1 is 1.22 bits per heavy atom. The molecule has 10 heteroatoms. The van der Waals surface area contributed by atoms with E-state index < -0.39 is 39.0 Å². The van der Waals surface area contributed by atoms with E-state index in [9.17, 15) is 22.0 Å². The second-order valence-electron chi connectivity index (χ2n) is 4.43. The van der Waals surface area contributed by atoms with Crippen molar-refractivity contribution >= 4 is 38.9 Å². The molecule has 1 aromatic rings. The van der Waals surface area contributed by atoms with E-state index in [2.05, 4.69) is 10.5 Å². The van der Waals surface area contributed by atoms with Gasteiger partial charge in [0.1, 0.15) is 16.6 Å². The fourth-order valence-electron chi connectivity index (χ4n) is 1.64. The fraction of sp³-hybridized carbons (Fsp3) is 0.0769. The first kappa shape index (κ1) is 17.3. The summed E-state index contributed by atoms with van der Waals surface area (Å²) < 4.78 is 57.6. The van der Waals surface area contributed by atoms with Crippen LogP contribution in [0.2, 0.25) is 0 Å². The van der Waals surface area contributed by atoms with Gasteiger partial charge in [0.05, 0.1) is 17.0 Å². The first-order chi connectivity index (χ1) is 10.7. The molecule has 122 valence electrons. The number of carbonyl (C=O) groups excluding carboxylic acids is 1. The molecule has 2 N–H and O–H groups in total. The number of hydrogen-bond acceptors (Lipinski definition) is 5. The van der Waals surface area contributed by atoms with Gasteiger partial charge in [-0.05, 0) is 30.3 Å². The van der Waals surface area contributed by atoms with Crippen molar-refractivity contribution in [1.82, 2.24) is 0 Å². The van der Waals surface area contributed by atoms with Gasteiger partial charge in [0.2, 0.25) is 0 Å². The Labute approximate surface area is 134 Å². The average molecular weight is 363 g/mol. The molecule has 0 bridgehead atoms. The maximum atomic E-state index is 13.6. The molecule has 0 amide bonds. The molecule has 1 aliphatic rings. The van der Waals surface area contributed by atoms with Crippen LogP contribution in [-0.2, 0) is 14.9 Å². The van der Waals surface area contributed by atoms with Crippen LogP contribution < -0.4 is 5.43 Å². The lowest BCUT2D eigenvalue weighted by Gasteiger charge is -2.04. The molecule has 0 saturated heterocycles. The second-order valence-corrected chi connectivity index (χ2v) is 6.23. The normalized spacial score (nSPS) is 18.0. The summed E-state index contributed by atoms with van der Waals surface area (Å²) in [5.41, 5.74) is 2.35. The molecule has 1 aliphatic carbocycles. The van der Waals surface area contributed by atoms with E-state index in [-0.39, 0.29) is 16.3 Å². The van der Waals surface area contributed by atoms with Gasteiger partial charge in [0.25, 0.3) is 10.1 Å². The van der Waals surface area contributed by atoms with Crippen LogP contribution in [-0.4, -0.2) is 24.5 Å². The maximum absolute atomic E-state index is 13.6. The second kappa shape index (κ2) is 6.57. The zero-order valence-corrected chi connectivity index (χ0v) is 12.8. The minimum absolute atomic E-state index is 0.263. The van der Waals surface area contributed by atoms with Crippen molar-refractivity contribution < 1.29 is 26.5 Å². The maximum Gasteiger partial charge on any atom is 0.294 e. The molecule has 0 aliphatic heterocycles. The van der Waals surface area contributed by atoms with Gasteiger partial charge in [0, 0.05) is 0 Å². The summed E-state index contributed by atoms with van der Waals surface area (Å²) in [4.78, 5) is 10.9. The van der Waals surface area contributed by atoms with Crippen LogP contribution in [0, 0.1) is 0 Å². The highest BCUT2D eigenvalue weighted by Crippen LogP contribution is 2.24. The summed E-state index contributed by atoms with van der Waals surface area (Å²) in [5.74, 6) is -3.28. The third-order valence-corrected chi connectivity index (χ3v) is 3.97.